The van der Waals surface area contributed by atoms with Gasteiger partial charge >= 0.3 is 0 Å². The van der Waals surface area contributed by atoms with E-state index in [-0.39, 0.29) is 16.7 Å². The van der Waals surface area contributed by atoms with Gasteiger partial charge in [-0.2, -0.15) is 0 Å². The van der Waals surface area contributed by atoms with Crippen molar-refractivity contribution < 1.29 is 19.4 Å². The number of benzene rings is 3. The molecule has 3 aromatic carbocycles. The number of anilines is 2. The zero-order valence-electron chi connectivity index (χ0n) is 22.5. The van der Waals surface area contributed by atoms with Crippen molar-refractivity contribution in [3.05, 3.63) is 94.6 Å². The number of nitrogens with zero attached hydrogens (tertiary/aromatic N) is 2. The third-order valence-electron chi connectivity index (χ3n) is 6.73. The molecule has 0 aliphatic carbocycles. The maximum absolute atomic E-state index is 13.5. The minimum atomic E-state index is -0.773. The maximum Gasteiger partial charge on any atom is 0.300 e. The van der Waals surface area contributed by atoms with Crippen LogP contribution in [0.1, 0.15) is 49.1 Å². The van der Waals surface area contributed by atoms with E-state index in [0.29, 0.717) is 17.0 Å². The van der Waals surface area contributed by atoms with Crippen molar-refractivity contribution in [2.75, 3.05) is 31.0 Å². The average Bonchev–Trinajstić information content (AvgIpc) is 3.13. The number of carbonyl (C=O) groups is 2. The molecule has 0 saturated carbocycles. The van der Waals surface area contributed by atoms with E-state index in [1.165, 1.54) is 4.90 Å². The number of rotatable bonds is 5. The summed E-state index contributed by atoms with van der Waals surface area (Å²) in [6.07, 6.45) is 0. The topological polar surface area (TPSA) is 70.1 Å². The normalized spacial score (nSPS) is 17.3. The summed E-state index contributed by atoms with van der Waals surface area (Å²) in [5, 5.41) is 11.6. The number of aryl methyl sites for hydroxylation is 1. The number of aliphatic hydroxyl groups is 1. The fourth-order valence-electron chi connectivity index (χ4n) is 4.76. The quantitative estimate of drug-likeness (QED) is 0.266. The number of ketones is 1. The van der Waals surface area contributed by atoms with E-state index >= 15 is 0 Å². The molecule has 0 aromatic heterocycles. The van der Waals surface area contributed by atoms with Crippen molar-refractivity contribution in [3.63, 3.8) is 0 Å². The lowest BCUT2D eigenvalue weighted by atomic mass is 9.84. The summed E-state index contributed by atoms with van der Waals surface area (Å²) in [7, 11) is 5.48. The second-order valence-electron chi connectivity index (χ2n) is 10.7. The number of methoxy groups -OCH3 is 1. The molecule has 1 aliphatic rings. The van der Waals surface area contributed by atoms with Crippen LogP contribution >= 0.6 is 0 Å². The molecule has 1 amide bonds. The molecule has 1 aliphatic heterocycles. The number of ether oxygens (including phenoxy) is 1. The highest BCUT2D eigenvalue weighted by molar-refractivity contribution is 6.51. The number of aliphatic hydroxyl groups excluding tert-OH is 1. The minimum Gasteiger partial charge on any atom is -0.507 e. The Balaban J connectivity index is 1.94. The number of amides is 1. The Morgan fingerprint density at radius 1 is 0.973 bits per heavy atom. The van der Waals surface area contributed by atoms with Crippen LogP contribution in [0.15, 0.2) is 72.3 Å². The summed E-state index contributed by atoms with van der Waals surface area (Å²) in [6.45, 7) is 8.12. The van der Waals surface area contributed by atoms with Gasteiger partial charge in [0.2, 0.25) is 0 Å². The fourth-order valence-corrected chi connectivity index (χ4v) is 4.76. The lowest BCUT2D eigenvalue weighted by Crippen LogP contribution is -2.29. The fraction of sp³-hybridized carbons (Fsp3) is 0.290. The highest BCUT2D eigenvalue weighted by Gasteiger charge is 2.47. The molecule has 1 unspecified atom stereocenters. The van der Waals surface area contributed by atoms with Crippen LogP contribution in [0.3, 0.4) is 0 Å². The van der Waals surface area contributed by atoms with Gasteiger partial charge in [-0.1, -0.05) is 50.6 Å². The third-order valence-corrected chi connectivity index (χ3v) is 6.73. The number of Topliss-reactive ketones (excluding diaryl/α,β-unsaturated/α-hetero) is 1. The smallest absolute Gasteiger partial charge is 0.300 e. The van der Waals surface area contributed by atoms with Crippen LogP contribution in [-0.2, 0) is 15.0 Å². The maximum atomic E-state index is 13.5. The molecule has 0 spiro atoms. The Morgan fingerprint density at radius 2 is 1.65 bits per heavy atom. The van der Waals surface area contributed by atoms with Gasteiger partial charge in [0.15, 0.2) is 0 Å². The molecule has 1 heterocycles. The Hall–Kier alpha value is -4.06. The van der Waals surface area contributed by atoms with Crippen LogP contribution in [0, 0.1) is 6.92 Å². The monoisotopic (exact) mass is 498 g/mol. The Labute approximate surface area is 218 Å². The average molecular weight is 499 g/mol. The van der Waals surface area contributed by atoms with E-state index < -0.39 is 17.7 Å². The highest BCUT2D eigenvalue weighted by atomic mass is 16.5. The second-order valence-corrected chi connectivity index (χ2v) is 10.7. The second kappa shape index (κ2) is 9.77. The Morgan fingerprint density at radius 3 is 2.22 bits per heavy atom. The molecule has 6 nitrogen and oxygen atoms in total. The molecule has 4 rings (SSSR count). The molecule has 1 fully saturated rings. The first kappa shape index (κ1) is 26.0. The zero-order chi connectivity index (χ0) is 27.1. The van der Waals surface area contributed by atoms with Crippen molar-refractivity contribution in [1.82, 2.24) is 0 Å². The van der Waals surface area contributed by atoms with E-state index in [9.17, 15) is 14.7 Å². The molecule has 0 radical (unpaired) electrons. The number of hydrogen-bond acceptors (Lipinski definition) is 5. The van der Waals surface area contributed by atoms with Crippen molar-refractivity contribution in [3.8, 4) is 5.75 Å². The van der Waals surface area contributed by atoms with E-state index in [2.05, 4.69) is 20.8 Å². The minimum absolute atomic E-state index is 0.0670. The summed E-state index contributed by atoms with van der Waals surface area (Å²) < 4.78 is 5.54. The van der Waals surface area contributed by atoms with Crippen molar-refractivity contribution in [1.29, 1.82) is 0 Å². The van der Waals surface area contributed by atoms with Crippen LogP contribution in [0.25, 0.3) is 5.76 Å². The molecular formula is C31H34N2O4. The van der Waals surface area contributed by atoms with E-state index in [0.717, 1.165) is 22.4 Å². The summed E-state index contributed by atoms with van der Waals surface area (Å²) in [4.78, 5) is 30.4. The van der Waals surface area contributed by atoms with Crippen LogP contribution < -0.4 is 14.5 Å². The zero-order valence-corrected chi connectivity index (χ0v) is 22.5. The van der Waals surface area contributed by atoms with E-state index in [4.69, 9.17) is 4.74 Å². The first-order valence-corrected chi connectivity index (χ1v) is 12.3. The van der Waals surface area contributed by atoms with Crippen LogP contribution in [0.5, 0.6) is 5.75 Å². The third kappa shape index (κ3) is 4.84. The molecule has 37 heavy (non-hydrogen) atoms. The van der Waals surface area contributed by atoms with Crippen molar-refractivity contribution >= 4 is 28.8 Å². The summed E-state index contributed by atoms with van der Waals surface area (Å²) in [5.41, 5.74) is 4.45. The number of hydrogen-bond donors (Lipinski definition) is 1. The highest BCUT2D eigenvalue weighted by Crippen LogP contribution is 2.43. The molecule has 3 aromatic rings. The van der Waals surface area contributed by atoms with Gasteiger partial charge in [-0.15, -0.1) is 0 Å². The summed E-state index contributed by atoms with van der Waals surface area (Å²) in [5.74, 6) is -0.893. The number of carbonyl (C=O) groups excluding carboxylic acids is 2. The van der Waals surface area contributed by atoms with Gasteiger partial charge in [-0.25, -0.2) is 0 Å². The van der Waals surface area contributed by atoms with Crippen LogP contribution in [-0.4, -0.2) is 38.0 Å². The van der Waals surface area contributed by atoms with Gasteiger partial charge in [0.1, 0.15) is 11.5 Å². The Bertz CT molecular complexity index is 1380. The first-order valence-electron chi connectivity index (χ1n) is 12.3. The predicted molar refractivity (Wildman–Crippen MR) is 148 cm³/mol. The van der Waals surface area contributed by atoms with Gasteiger partial charge < -0.3 is 14.7 Å². The molecule has 192 valence electrons. The molecule has 1 N–H and O–H groups in total. The SMILES string of the molecule is COc1ccc(/C(O)=C2/C(=O)C(=O)N(c3ccc(N(C)C)cc3)C2c2cccc(C)c2)cc1C(C)(C)C. The largest absolute Gasteiger partial charge is 0.507 e. The van der Waals surface area contributed by atoms with Gasteiger partial charge in [0, 0.05) is 36.6 Å². The lowest BCUT2D eigenvalue weighted by molar-refractivity contribution is -0.132. The van der Waals surface area contributed by atoms with E-state index in [1.807, 2.05) is 80.5 Å². The first-order chi connectivity index (χ1) is 17.4. The molecule has 0 bridgehead atoms. The molecular weight excluding hydrogens is 464 g/mol. The summed E-state index contributed by atoms with van der Waals surface area (Å²) >= 11 is 0. The van der Waals surface area contributed by atoms with Crippen molar-refractivity contribution in [2.24, 2.45) is 0 Å². The molecule has 1 atom stereocenters. The van der Waals surface area contributed by atoms with Gasteiger partial charge in [-0.3, -0.25) is 14.5 Å². The lowest BCUT2D eigenvalue weighted by Gasteiger charge is -2.26. The van der Waals surface area contributed by atoms with Gasteiger partial charge in [0.05, 0.1) is 18.7 Å². The Kier molecular flexibility index (Phi) is 6.87. The van der Waals surface area contributed by atoms with Crippen molar-refractivity contribution in [2.45, 2.75) is 39.2 Å². The predicted octanol–water partition coefficient (Wildman–Crippen LogP) is 5.99. The summed E-state index contributed by atoms with van der Waals surface area (Å²) in [6, 6.07) is 19.7. The van der Waals surface area contributed by atoms with Crippen LogP contribution in [0.4, 0.5) is 11.4 Å². The molecule has 6 heteroatoms. The van der Waals surface area contributed by atoms with E-state index in [1.54, 1.807) is 19.2 Å². The van der Waals surface area contributed by atoms with Gasteiger partial charge in [0.25, 0.3) is 11.7 Å². The van der Waals surface area contributed by atoms with Gasteiger partial charge in [-0.05, 0) is 60.4 Å². The van der Waals surface area contributed by atoms with Crippen LogP contribution in [0.2, 0.25) is 0 Å². The standard InChI is InChI=1S/C31H34N2O4/c1-19-9-8-10-20(17-19)27-26(28(34)21-11-16-25(37-7)24(18-21)31(2,3)4)29(35)30(36)33(27)23-14-12-22(13-15-23)32(5)6/h8-18,27,34H,1-7H3/b28-26-. The molecule has 1 saturated heterocycles.